The van der Waals surface area contributed by atoms with Crippen molar-refractivity contribution in [3.05, 3.63) is 34.3 Å². The lowest BCUT2D eigenvalue weighted by molar-refractivity contribution is -0.122. The molecule has 1 fully saturated rings. The lowest BCUT2D eigenvalue weighted by Crippen LogP contribution is -2.35. The van der Waals surface area contributed by atoms with E-state index in [-0.39, 0.29) is 11.9 Å². The molecular formula is C15H21BrN2O. The third-order valence-electron chi connectivity index (χ3n) is 3.62. The average molecular weight is 325 g/mol. The highest BCUT2D eigenvalue weighted by molar-refractivity contribution is 9.10. The minimum absolute atomic E-state index is 0.0413. The van der Waals surface area contributed by atoms with E-state index in [1.807, 2.05) is 31.2 Å². The Morgan fingerprint density at radius 2 is 2.32 bits per heavy atom. The number of hydrogen-bond donors (Lipinski definition) is 2. The summed E-state index contributed by atoms with van der Waals surface area (Å²) >= 11 is 3.52. The highest BCUT2D eigenvalue weighted by Gasteiger charge is 2.18. The largest absolute Gasteiger partial charge is 0.350 e. The molecule has 0 radical (unpaired) electrons. The standard InChI is InChI=1S/C15H21BrN2O/c1-11(13-6-2-3-7-14(13)16)18-15(19)9-12-5-4-8-17-10-12/h2-3,6-7,11-12,17H,4-5,8-10H2,1H3,(H,18,19)/t11-,12?/m0/s1. The normalized spacial score (nSPS) is 20.8. The van der Waals surface area contributed by atoms with Gasteiger partial charge in [0.05, 0.1) is 6.04 Å². The van der Waals surface area contributed by atoms with E-state index >= 15 is 0 Å². The Balaban J connectivity index is 1.86. The van der Waals surface area contributed by atoms with Crippen molar-refractivity contribution < 1.29 is 4.79 Å². The highest BCUT2D eigenvalue weighted by Crippen LogP contribution is 2.23. The van der Waals surface area contributed by atoms with Crippen molar-refractivity contribution in [2.75, 3.05) is 13.1 Å². The third-order valence-corrected chi connectivity index (χ3v) is 4.34. The number of nitrogens with one attached hydrogen (secondary N) is 2. The monoisotopic (exact) mass is 324 g/mol. The van der Waals surface area contributed by atoms with Gasteiger partial charge in [0.1, 0.15) is 0 Å². The summed E-state index contributed by atoms with van der Waals surface area (Å²) in [5, 5.41) is 6.43. The zero-order valence-electron chi connectivity index (χ0n) is 11.3. The van der Waals surface area contributed by atoms with Crippen LogP contribution in [-0.2, 0) is 4.79 Å². The molecule has 0 aromatic heterocycles. The van der Waals surface area contributed by atoms with Gasteiger partial charge in [-0.15, -0.1) is 0 Å². The van der Waals surface area contributed by atoms with Gasteiger partial charge in [-0.1, -0.05) is 34.1 Å². The number of carbonyl (C=O) groups excluding carboxylic acids is 1. The first-order valence-corrected chi connectivity index (χ1v) is 7.70. The summed E-state index contributed by atoms with van der Waals surface area (Å²) < 4.78 is 1.04. The van der Waals surface area contributed by atoms with Gasteiger partial charge in [-0.2, -0.15) is 0 Å². The fourth-order valence-electron chi connectivity index (χ4n) is 2.56. The zero-order valence-corrected chi connectivity index (χ0v) is 12.9. The molecule has 1 unspecified atom stereocenters. The van der Waals surface area contributed by atoms with Gasteiger partial charge in [0, 0.05) is 10.9 Å². The summed E-state index contributed by atoms with van der Waals surface area (Å²) in [6.45, 7) is 4.08. The van der Waals surface area contributed by atoms with E-state index in [0.717, 1.165) is 29.5 Å². The maximum atomic E-state index is 12.1. The summed E-state index contributed by atoms with van der Waals surface area (Å²) in [5.74, 6) is 0.636. The highest BCUT2D eigenvalue weighted by atomic mass is 79.9. The molecule has 1 amide bonds. The molecule has 1 saturated heterocycles. The van der Waals surface area contributed by atoms with E-state index in [1.54, 1.807) is 0 Å². The molecule has 19 heavy (non-hydrogen) atoms. The molecule has 1 aliphatic rings. The SMILES string of the molecule is C[C@H](NC(=O)CC1CCCNC1)c1ccccc1Br. The number of carbonyl (C=O) groups is 1. The summed E-state index contributed by atoms with van der Waals surface area (Å²) in [6.07, 6.45) is 2.96. The Hall–Kier alpha value is -0.870. The third kappa shape index (κ3) is 4.32. The van der Waals surface area contributed by atoms with Crippen molar-refractivity contribution in [1.29, 1.82) is 0 Å². The average Bonchev–Trinajstić information content (AvgIpc) is 2.40. The first-order valence-electron chi connectivity index (χ1n) is 6.91. The van der Waals surface area contributed by atoms with Crippen LogP contribution in [0.15, 0.2) is 28.7 Å². The van der Waals surface area contributed by atoms with E-state index in [1.165, 1.54) is 6.42 Å². The first-order chi connectivity index (χ1) is 9.16. The number of piperidine rings is 1. The Labute approximate surface area is 123 Å². The maximum Gasteiger partial charge on any atom is 0.220 e. The van der Waals surface area contributed by atoms with E-state index in [2.05, 4.69) is 26.6 Å². The van der Waals surface area contributed by atoms with Crippen molar-refractivity contribution in [2.45, 2.75) is 32.2 Å². The molecule has 2 rings (SSSR count). The minimum atomic E-state index is 0.0413. The number of benzene rings is 1. The predicted octanol–water partition coefficient (Wildman–Crippen LogP) is 3.02. The van der Waals surface area contributed by atoms with Crippen LogP contribution in [0.5, 0.6) is 0 Å². The van der Waals surface area contributed by atoms with Crippen molar-refractivity contribution in [3.63, 3.8) is 0 Å². The molecule has 0 bridgehead atoms. The summed E-state index contributed by atoms with van der Waals surface area (Å²) in [4.78, 5) is 12.1. The van der Waals surface area contributed by atoms with E-state index in [9.17, 15) is 4.79 Å². The molecule has 1 heterocycles. The van der Waals surface area contributed by atoms with Gasteiger partial charge in [0.25, 0.3) is 0 Å². The van der Waals surface area contributed by atoms with E-state index < -0.39 is 0 Å². The minimum Gasteiger partial charge on any atom is -0.350 e. The molecule has 1 aliphatic heterocycles. The van der Waals surface area contributed by atoms with Gasteiger partial charge in [0.15, 0.2) is 0 Å². The van der Waals surface area contributed by atoms with Gasteiger partial charge in [0.2, 0.25) is 5.91 Å². The van der Waals surface area contributed by atoms with Crippen LogP contribution < -0.4 is 10.6 Å². The lowest BCUT2D eigenvalue weighted by atomic mass is 9.95. The van der Waals surface area contributed by atoms with Crippen molar-refractivity contribution in [2.24, 2.45) is 5.92 Å². The molecule has 3 nitrogen and oxygen atoms in total. The molecule has 0 saturated carbocycles. The molecule has 2 atom stereocenters. The molecule has 1 aromatic carbocycles. The van der Waals surface area contributed by atoms with Crippen LogP contribution in [0.4, 0.5) is 0 Å². The van der Waals surface area contributed by atoms with Gasteiger partial charge < -0.3 is 10.6 Å². The predicted molar refractivity (Wildman–Crippen MR) is 80.9 cm³/mol. The van der Waals surface area contributed by atoms with Crippen LogP contribution in [0.3, 0.4) is 0 Å². The maximum absolute atomic E-state index is 12.1. The number of rotatable bonds is 4. The van der Waals surface area contributed by atoms with Crippen LogP contribution in [0.1, 0.15) is 37.8 Å². The first kappa shape index (κ1) is 14.5. The number of hydrogen-bond acceptors (Lipinski definition) is 2. The van der Waals surface area contributed by atoms with Crippen molar-refractivity contribution in [1.82, 2.24) is 10.6 Å². The summed E-state index contributed by atoms with van der Waals surface area (Å²) in [6, 6.07) is 8.06. The Bertz CT molecular complexity index is 430. The molecule has 2 N–H and O–H groups in total. The summed E-state index contributed by atoms with van der Waals surface area (Å²) in [7, 11) is 0. The van der Waals surface area contributed by atoms with Crippen LogP contribution in [0.25, 0.3) is 0 Å². The van der Waals surface area contributed by atoms with Crippen LogP contribution in [0, 0.1) is 5.92 Å². The zero-order chi connectivity index (χ0) is 13.7. The topological polar surface area (TPSA) is 41.1 Å². The lowest BCUT2D eigenvalue weighted by Gasteiger charge is -2.23. The fourth-order valence-corrected chi connectivity index (χ4v) is 3.19. The fraction of sp³-hybridized carbons (Fsp3) is 0.533. The smallest absolute Gasteiger partial charge is 0.220 e. The second-order valence-corrected chi connectivity index (χ2v) is 6.08. The van der Waals surface area contributed by atoms with Gasteiger partial charge in [-0.25, -0.2) is 0 Å². The van der Waals surface area contributed by atoms with Crippen molar-refractivity contribution >= 4 is 21.8 Å². The van der Waals surface area contributed by atoms with Gasteiger partial charge in [-0.05, 0) is 50.4 Å². The molecular weight excluding hydrogens is 304 g/mol. The second-order valence-electron chi connectivity index (χ2n) is 5.23. The molecule has 4 heteroatoms. The van der Waals surface area contributed by atoms with Crippen LogP contribution >= 0.6 is 15.9 Å². The van der Waals surface area contributed by atoms with Crippen LogP contribution in [0.2, 0.25) is 0 Å². The Kier molecular flexibility index (Phi) is 5.40. The molecule has 104 valence electrons. The quantitative estimate of drug-likeness (QED) is 0.893. The Morgan fingerprint density at radius 3 is 3.00 bits per heavy atom. The van der Waals surface area contributed by atoms with Gasteiger partial charge >= 0.3 is 0 Å². The Morgan fingerprint density at radius 1 is 1.53 bits per heavy atom. The summed E-state index contributed by atoms with van der Waals surface area (Å²) in [5.41, 5.74) is 1.12. The molecule has 0 spiro atoms. The van der Waals surface area contributed by atoms with E-state index in [0.29, 0.717) is 12.3 Å². The van der Waals surface area contributed by atoms with Crippen LogP contribution in [-0.4, -0.2) is 19.0 Å². The van der Waals surface area contributed by atoms with Crippen molar-refractivity contribution in [3.8, 4) is 0 Å². The van der Waals surface area contributed by atoms with Gasteiger partial charge in [-0.3, -0.25) is 4.79 Å². The van der Waals surface area contributed by atoms with E-state index in [4.69, 9.17) is 0 Å². The molecule has 0 aliphatic carbocycles. The number of amides is 1. The second kappa shape index (κ2) is 7.06. The molecule has 1 aromatic rings. The number of halogens is 1.